The van der Waals surface area contributed by atoms with Crippen molar-refractivity contribution in [2.45, 2.75) is 13.8 Å². The maximum absolute atomic E-state index is 12.5. The molecule has 0 fully saturated rings. The lowest BCUT2D eigenvalue weighted by molar-refractivity contribution is 0.0957. The molecule has 0 aliphatic heterocycles. The molecule has 0 saturated heterocycles. The second-order valence-corrected chi connectivity index (χ2v) is 6.83. The van der Waals surface area contributed by atoms with Crippen molar-refractivity contribution >= 4 is 22.5 Å². The van der Waals surface area contributed by atoms with E-state index in [1.807, 2.05) is 74.5 Å². The van der Waals surface area contributed by atoms with Crippen molar-refractivity contribution in [1.82, 2.24) is 25.3 Å². The Balaban J connectivity index is 1.32. The second kappa shape index (κ2) is 8.10. The molecule has 4 aromatic rings. The van der Waals surface area contributed by atoms with Gasteiger partial charge in [0, 0.05) is 24.3 Å². The number of hydrogen-bond acceptors (Lipinski definition) is 5. The Labute approximate surface area is 168 Å². The van der Waals surface area contributed by atoms with Gasteiger partial charge in [0.15, 0.2) is 5.82 Å². The highest BCUT2D eigenvalue weighted by molar-refractivity contribution is 6.06. The number of carbonyl (C=O) groups excluding carboxylic acids is 1. The van der Waals surface area contributed by atoms with E-state index < -0.39 is 0 Å². The number of aryl methyl sites for hydroxylation is 2. The number of aromatic nitrogens is 4. The van der Waals surface area contributed by atoms with E-state index in [1.165, 1.54) is 0 Å². The molecule has 2 aromatic carbocycles. The van der Waals surface area contributed by atoms with Gasteiger partial charge in [-0.3, -0.25) is 4.79 Å². The molecule has 7 heteroatoms. The first-order valence-electron chi connectivity index (χ1n) is 9.49. The number of rotatable bonds is 6. The lowest BCUT2D eigenvalue weighted by atomic mass is 10.0. The van der Waals surface area contributed by atoms with E-state index in [4.69, 9.17) is 0 Å². The summed E-state index contributed by atoms with van der Waals surface area (Å²) in [4.78, 5) is 12.5. The highest BCUT2D eigenvalue weighted by atomic mass is 16.1. The van der Waals surface area contributed by atoms with Gasteiger partial charge in [0.25, 0.3) is 5.91 Å². The minimum absolute atomic E-state index is 0.0884. The Morgan fingerprint density at radius 3 is 2.55 bits per heavy atom. The van der Waals surface area contributed by atoms with Crippen LogP contribution in [0.1, 0.15) is 21.7 Å². The van der Waals surface area contributed by atoms with Crippen molar-refractivity contribution in [2.24, 2.45) is 0 Å². The van der Waals surface area contributed by atoms with Crippen LogP contribution in [0.4, 0.5) is 5.82 Å². The molecule has 0 spiro atoms. The molecule has 146 valence electrons. The lowest BCUT2D eigenvalue weighted by Gasteiger charge is -2.09. The SMILES string of the molecule is Cc1cc(C)n(-c2ccc(NCCNC(=O)c3cccc4ccccc34)nn2)n1. The molecule has 0 saturated carbocycles. The first-order chi connectivity index (χ1) is 14.1. The summed E-state index contributed by atoms with van der Waals surface area (Å²) >= 11 is 0. The zero-order chi connectivity index (χ0) is 20.2. The summed E-state index contributed by atoms with van der Waals surface area (Å²) in [6, 6.07) is 19.3. The van der Waals surface area contributed by atoms with Gasteiger partial charge in [-0.15, -0.1) is 10.2 Å². The van der Waals surface area contributed by atoms with Gasteiger partial charge in [-0.2, -0.15) is 5.10 Å². The van der Waals surface area contributed by atoms with Crippen LogP contribution in [0.5, 0.6) is 0 Å². The van der Waals surface area contributed by atoms with Gasteiger partial charge in [-0.05, 0) is 48.9 Å². The maximum Gasteiger partial charge on any atom is 0.251 e. The molecule has 0 unspecified atom stereocenters. The van der Waals surface area contributed by atoms with E-state index >= 15 is 0 Å². The fraction of sp³-hybridized carbons (Fsp3) is 0.182. The third kappa shape index (κ3) is 4.08. The second-order valence-electron chi connectivity index (χ2n) is 6.83. The quantitative estimate of drug-likeness (QED) is 0.497. The molecular weight excluding hydrogens is 364 g/mol. The van der Waals surface area contributed by atoms with Crippen LogP contribution in [-0.4, -0.2) is 39.0 Å². The molecule has 0 bridgehead atoms. The van der Waals surface area contributed by atoms with Crippen molar-refractivity contribution in [3.8, 4) is 5.82 Å². The van der Waals surface area contributed by atoms with Crippen LogP contribution in [-0.2, 0) is 0 Å². The first-order valence-corrected chi connectivity index (χ1v) is 9.49. The maximum atomic E-state index is 12.5. The first kappa shape index (κ1) is 18.6. The van der Waals surface area contributed by atoms with Gasteiger partial charge in [0.2, 0.25) is 0 Å². The highest BCUT2D eigenvalue weighted by Crippen LogP contribution is 2.18. The number of nitrogens with zero attached hydrogens (tertiary/aromatic N) is 4. The summed E-state index contributed by atoms with van der Waals surface area (Å²) in [5, 5.41) is 20.9. The molecule has 0 aliphatic rings. The third-order valence-corrected chi connectivity index (χ3v) is 4.63. The van der Waals surface area contributed by atoms with Crippen molar-refractivity contribution in [1.29, 1.82) is 0 Å². The predicted molar refractivity (Wildman–Crippen MR) is 113 cm³/mol. The Bertz CT molecular complexity index is 1140. The van der Waals surface area contributed by atoms with Crippen LogP contribution in [0.3, 0.4) is 0 Å². The monoisotopic (exact) mass is 386 g/mol. The standard InChI is InChI=1S/C22H22N6O/c1-15-14-16(2)28(27-15)21-11-10-20(25-26-21)23-12-13-24-22(29)19-9-5-7-17-6-3-4-8-18(17)19/h3-11,14H,12-13H2,1-2H3,(H,23,25)(H,24,29). The van der Waals surface area contributed by atoms with E-state index in [2.05, 4.69) is 25.9 Å². The van der Waals surface area contributed by atoms with Gasteiger partial charge < -0.3 is 10.6 Å². The molecule has 2 heterocycles. The van der Waals surface area contributed by atoms with Crippen LogP contribution < -0.4 is 10.6 Å². The topological polar surface area (TPSA) is 84.7 Å². The molecule has 29 heavy (non-hydrogen) atoms. The number of hydrogen-bond donors (Lipinski definition) is 2. The van der Waals surface area contributed by atoms with Crippen LogP contribution in [0, 0.1) is 13.8 Å². The van der Waals surface area contributed by atoms with Gasteiger partial charge in [0.1, 0.15) is 5.82 Å². The zero-order valence-electron chi connectivity index (χ0n) is 16.4. The molecule has 7 nitrogen and oxygen atoms in total. The molecular formula is C22H22N6O. The summed E-state index contributed by atoms with van der Waals surface area (Å²) < 4.78 is 1.76. The number of amides is 1. The molecule has 0 aliphatic carbocycles. The lowest BCUT2D eigenvalue weighted by Crippen LogP contribution is -2.29. The zero-order valence-corrected chi connectivity index (χ0v) is 16.4. The number of nitrogens with one attached hydrogen (secondary N) is 2. The normalized spacial score (nSPS) is 10.8. The minimum atomic E-state index is -0.0884. The van der Waals surface area contributed by atoms with E-state index in [9.17, 15) is 4.79 Å². The molecule has 1 amide bonds. The minimum Gasteiger partial charge on any atom is -0.367 e. The summed E-state index contributed by atoms with van der Waals surface area (Å²) in [7, 11) is 0. The van der Waals surface area contributed by atoms with E-state index in [0.717, 1.165) is 22.2 Å². The fourth-order valence-electron chi connectivity index (χ4n) is 3.28. The number of carbonyl (C=O) groups is 1. The van der Waals surface area contributed by atoms with E-state index in [1.54, 1.807) is 4.68 Å². The smallest absolute Gasteiger partial charge is 0.251 e. The van der Waals surface area contributed by atoms with Gasteiger partial charge in [-0.1, -0.05) is 36.4 Å². The van der Waals surface area contributed by atoms with Crippen molar-refractivity contribution in [3.05, 3.63) is 77.6 Å². The van der Waals surface area contributed by atoms with Crippen molar-refractivity contribution in [2.75, 3.05) is 18.4 Å². The van der Waals surface area contributed by atoms with Gasteiger partial charge in [0.05, 0.1) is 5.69 Å². The van der Waals surface area contributed by atoms with Crippen LogP contribution in [0.25, 0.3) is 16.6 Å². The number of fused-ring (bicyclic) bond motifs is 1. The Hall–Kier alpha value is -3.74. The van der Waals surface area contributed by atoms with Crippen LogP contribution in [0.2, 0.25) is 0 Å². The highest BCUT2D eigenvalue weighted by Gasteiger charge is 2.09. The van der Waals surface area contributed by atoms with Gasteiger partial charge in [-0.25, -0.2) is 4.68 Å². The summed E-state index contributed by atoms with van der Waals surface area (Å²) in [6.07, 6.45) is 0. The summed E-state index contributed by atoms with van der Waals surface area (Å²) in [5.41, 5.74) is 2.62. The number of benzene rings is 2. The Morgan fingerprint density at radius 2 is 1.79 bits per heavy atom. The third-order valence-electron chi connectivity index (χ3n) is 4.63. The van der Waals surface area contributed by atoms with E-state index in [-0.39, 0.29) is 5.91 Å². The molecule has 2 N–H and O–H groups in total. The van der Waals surface area contributed by atoms with Crippen LogP contribution >= 0.6 is 0 Å². The van der Waals surface area contributed by atoms with Gasteiger partial charge >= 0.3 is 0 Å². The molecule has 0 radical (unpaired) electrons. The average Bonchev–Trinajstić information content (AvgIpc) is 3.09. The van der Waals surface area contributed by atoms with E-state index in [0.29, 0.717) is 30.3 Å². The van der Waals surface area contributed by atoms with Crippen molar-refractivity contribution in [3.63, 3.8) is 0 Å². The predicted octanol–water partition coefficient (Wildman–Crippen LogP) is 3.27. The Morgan fingerprint density at radius 1 is 0.966 bits per heavy atom. The average molecular weight is 386 g/mol. The summed E-state index contributed by atoms with van der Waals surface area (Å²) in [5.74, 6) is 1.23. The summed E-state index contributed by atoms with van der Waals surface area (Å²) in [6.45, 7) is 4.94. The molecule has 2 aromatic heterocycles. The van der Waals surface area contributed by atoms with Crippen LogP contribution in [0.15, 0.2) is 60.7 Å². The van der Waals surface area contributed by atoms with Crippen molar-refractivity contribution < 1.29 is 4.79 Å². The number of anilines is 1. The Kier molecular flexibility index (Phi) is 5.20. The molecule has 0 atom stereocenters. The largest absolute Gasteiger partial charge is 0.367 e. The fourth-order valence-corrected chi connectivity index (χ4v) is 3.28. The molecule has 4 rings (SSSR count).